The lowest BCUT2D eigenvalue weighted by Gasteiger charge is -2.38. The van der Waals surface area contributed by atoms with Gasteiger partial charge < -0.3 is 5.73 Å². The van der Waals surface area contributed by atoms with Crippen molar-refractivity contribution in [2.75, 3.05) is 5.75 Å². The van der Waals surface area contributed by atoms with Crippen molar-refractivity contribution < 1.29 is 12.8 Å². The van der Waals surface area contributed by atoms with Crippen molar-refractivity contribution in [2.45, 2.75) is 37.5 Å². The number of hydrogen-bond donors (Lipinski definition) is 1. The second-order valence-electron chi connectivity index (χ2n) is 8.63. The summed E-state index contributed by atoms with van der Waals surface area (Å²) in [5.41, 5.74) is 6.95. The van der Waals surface area contributed by atoms with Crippen molar-refractivity contribution in [3.8, 4) is 0 Å². The van der Waals surface area contributed by atoms with Crippen LogP contribution in [0.25, 0.3) is 10.9 Å². The van der Waals surface area contributed by atoms with E-state index in [1.807, 2.05) is 0 Å². The molecule has 3 heterocycles. The van der Waals surface area contributed by atoms with E-state index in [1.54, 1.807) is 37.5 Å². The molecule has 168 valence electrons. The van der Waals surface area contributed by atoms with Gasteiger partial charge in [-0.2, -0.15) is 0 Å². The van der Waals surface area contributed by atoms with E-state index in [0.29, 0.717) is 22.7 Å². The molecule has 0 radical (unpaired) electrons. The molecule has 0 unspecified atom stereocenters. The van der Waals surface area contributed by atoms with E-state index >= 15 is 0 Å². The first-order valence-electron chi connectivity index (χ1n) is 9.80. The summed E-state index contributed by atoms with van der Waals surface area (Å²) in [6.45, 7) is 4.61. The predicted octanol–water partition coefficient (Wildman–Crippen LogP) is 4.56. The molecule has 32 heavy (non-hydrogen) atoms. The van der Waals surface area contributed by atoms with Gasteiger partial charge in [-0.05, 0) is 54.4 Å². The number of amidine groups is 1. The lowest BCUT2D eigenvalue weighted by atomic mass is 9.91. The van der Waals surface area contributed by atoms with E-state index in [1.165, 1.54) is 19.9 Å². The van der Waals surface area contributed by atoms with Crippen molar-refractivity contribution in [3.63, 3.8) is 0 Å². The number of nitrogens with zero attached hydrogens (tertiary/aromatic N) is 3. The third-order valence-corrected chi connectivity index (χ3v) is 9.48. The number of fused-ring (bicyclic) bond motifs is 1. The highest BCUT2D eigenvalue weighted by atomic mass is 79.9. The zero-order chi connectivity index (χ0) is 23.5. The summed E-state index contributed by atoms with van der Waals surface area (Å²) in [5, 5.41) is 1.32. The van der Waals surface area contributed by atoms with Crippen LogP contribution in [-0.2, 0) is 21.8 Å². The quantitative estimate of drug-likeness (QED) is 0.526. The minimum absolute atomic E-state index is 0.0299. The molecule has 0 amide bonds. The van der Waals surface area contributed by atoms with E-state index in [-0.39, 0.29) is 17.2 Å². The third-order valence-electron chi connectivity index (χ3n) is 5.93. The molecular formula is C22H21BrClFN4O2S. The molecule has 1 atom stereocenters. The molecule has 0 fully saturated rings. The van der Waals surface area contributed by atoms with Crippen LogP contribution in [0.1, 0.15) is 37.6 Å². The lowest BCUT2D eigenvalue weighted by Crippen LogP contribution is -2.55. The molecule has 0 spiro atoms. The van der Waals surface area contributed by atoms with Gasteiger partial charge in [-0.25, -0.2) is 12.8 Å². The fourth-order valence-corrected chi connectivity index (χ4v) is 6.06. The number of aliphatic imine (C=N–C) groups is 1. The number of nitrogens with two attached hydrogens (primary N) is 1. The van der Waals surface area contributed by atoms with Crippen LogP contribution in [0.5, 0.6) is 0 Å². The van der Waals surface area contributed by atoms with E-state index in [2.05, 4.69) is 30.9 Å². The van der Waals surface area contributed by atoms with E-state index in [9.17, 15) is 12.8 Å². The van der Waals surface area contributed by atoms with Gasteiger partial charge in [-0.1, -0.05) is 23.7 Å². The maximum atomic E-state index is 14.9. The van der Waals surface area contributed by atoms with Crippen LogP contribution in [0.2, 0.25) is 5.02 Å². The number of sulfone groups is 1. The Hall–Kier alpha value is -2.10. The molecule has 0 aliphatic carbocycles. The zero-order valence-electron chi connectivity index (χ0n) is 17.7. The van der Waals surface area contributed by atoms with Crippen molar-refractivity contribution in [3.05, 3.63) is 68.8 Å². The first kappa shape index (κ1) is 23.1. The van der Waals surface area contributed by atoms with Crippen molar-refractivity contribution in [1.29, 1.82) is 0 Å². The maximum absolute atomic E-state index is 14.9. The van der Waals surface area contributed by atoms with Gasteiger partial charge in [-0.15, -0.1) is 0 Å². The highest BCUT2D eigenvalue weighted by Crippen LogP contribution is 2.38. The van der Waals surface area contributed by atoms with E-state index in [0.717, 1.165) is 15.4 Å². The summed E-state index contributed by atoms with van der Waals surface area (Å²) >= 11 is 9.54. The molecule has 6 nitrogen and oxygen atoms in total. The summed E-state index contributed by atoms with van der Waals surface area (Å²) in [4.78, 5) is 13.3. The smallest absolute Gasteiger partial charge is 0.165 e. The summed E-state index contributed by atoms with van der Waals surface area (Å²) in [6, 6.07) is 6.38. The third kappa shape index (κ3) is 3.80. The lowest BCUT2D eigenvalue weighted by molar-refractivity contribution is 0.475. The Balaban J connectivity index is 1.79. The second kappa shape index (κ2) is 7.74. The summed E-state index contributed by atoms with van der Waals surface area (Å²) < 4.78 is 40.1. The molecule has 10 heteroatoms. The number of hydrogen-bond acceptors (Lipinski definition) is 6. The number of halogens is 3. The Bertz CT molecular complexity index is 1390. The van der Waals surface area contributed by atoms with Gasteiger partial charge in [0.15, 0.2) is 9.84 Å². The van der Waals surface area contributed by atoms with Crippen LogP contribution >= 0.6 is 27.5 Å². The molecule has 1 aliphatic rings. The Morgan fingerprint density at radius 1 is 1.19 bits per heavy atom. The number of rotatable bonds is 3. The van der Waals surface area contributed by atoms with Gasteiger partial charge in [0.05, 0.1) is 22.0 Å². The van der Waals surface area contributed by atoms with Crippen LogP contribution in [0.3, 0.4) is 0 Å². The fourth-order valence-electron chi connectivity index (χ4n) is 3.81. The van der Waals surface area contributed by atoms with E-state index in [4.69, 9.17) is 17.3 Å². The maximum Gasteiger partial charge on any atom is 0.165 e. The van der Waals surface area contributed by atoms with Gasteiger partial charge >= 0.3 is 0 Å². The van der Waals surface area contributed by atoms with Crippen molar-refractivity contribution >= 4 is 54.1 Å². The van der Waals surface area contributed by atoms with Crippen LogP contribution in [0.15, 0.2) is 46.1 Å². The molecule has 0 saturated carbocycles. The highest BCUT2D eigenvalue weighted by molar-refractivity contribution is 9.10. The van der Waals surface area contributed by atoms with E-state index < -0.39 is 25.9 Å². The van der Waals surface area contributed by atoms with Gasteiger partial charge in [0, 0.05) is 34.2 Å². The largest absolute Gasteiger partial charge is 0.386 e. The fraction of sp³-hybridized carbons (Fsp3) is 0.318. The van der Waals surface area contributed by atoms with Gasteiger partial charge in [-0.3, -0.25) is 15.0 Å². The number of benzene rings is 1. The number of pyridine rings is 2. The molecule has 3 aromatic rings. The summed E-state index contributed by atoms with van der Waals surface area (Å²) in [7, 11) is -3.65. The predicted molar refractivity (Wildman–Crippen MR) is 128 cm³/mol. The van der Waals surface area contributed by atoms with Crippen LogP contribution in [0, 0.1) is 5.82 Å². The summed E-state index contributed by atoms with van der Waals surface area (Å²) in [5.74, 6) is -0.910. The molecule has 1 aliphatic heterocycles. The molecule has 4 rings (SSSR count). The highest BCUT2D eigenvalue weighted by Gasteiger charge is 2.49. The Kier molecular flexibility index (Phi) is 5.58. The number of aromatic nitrogens is 2. The average Bonchev–Trinajstić information content (AvgIpc) is 2.70. The molecule has 0 bridgehead atoms. The van der Waals surface area contributed by atoms with Crippen molar-refractivity contribution in [2.24, 2.45) is 10.7 Å². The van der Waals surface area contributed by atoms with Crippen molar-refractivity contribution in [1.82, 2.24) is 9.97 Å². The molecular weight excluding hydrogens is 519 g/mol. The van der Waals surface area contributed by atoms with Crippen LogP contribution < -0.4 is 5.73 Å². The molecule has 1 aromatic carbocycles. The standard InChI is InChI=1S/C22H21BrClFN4O2S/c1-21(2)20(26)29-22(3,11-32(21,30)31)15-6-12(4-5-17(15)25)7-18-19-14(16(23)10-27-18)8-13(24)9-28-19/h4-6,8-10H,7,11H2,1-3H3,(H2,26,29)/t22-/m0/s1. The van der Waals surface area contributed by atoms with Crippen LogP contribution in [-0.4, -0.2) is 34.7 Å². The Morgan fingerprint density at radius 3 is 2.59 bits per heavy atom. The molecule has 0 saturated heterocycles. The first-order chi connectivity index (χ1) is 14.8. The van der Waals surface area contributed by atoms with Gasteiger partial charge in [0.2, 0.25) is 0 Å². The molecule has 2 N–H and O–H groups in total. The zero-order valence-corrected chi connectivity index (χ0v) is 20.8. The SMILES string of the molecule is CC1(C)C(N)=N[C@](C)(c2cc(Cc3ncc(Br)c4cc(Cl)cnc34)ccc2F)CS1(=O)=O. The first-order valence-corrected chi connectivity index (χ1v) is 12.6. The second-order valence-corrected chi connectivity index (χ2v) is 12.5. The average molecular weight is 540 g/mol. The van der Waals surface area contributed by atoms with Gasteiger partial charge in [0.1, 0.15) is 21.9 Å². The van der Waals surface area contributed by atoms with Crippen LogP contribution in [0.4, 0.5) is 4.39 Å². The Morgan fingerprint density at radius 2 is 1.91 bits per heavy atom. The van der Waals surface area contributed by atoms with Gasteiger partial charge in [0.25, 0.3) is 0 Å². The minimum atomic E-state index is -3.65. The topological polar surface area (TPSA) is 98.3 Å². The summed E-state index contributed by atoms with van der Waals surface area (Å²) in [6.07, 6.45) is 3.58. The monoisotopic (exact) mass is 538 g/mol. The Labute approximate surface area is 199 Å². The normalized spacial score (nSPS) is 22.0. The minimum Gasteiger partial charge on any atom is -0.386 e. The molecule has 2 aromatic heterocycles.